The van der Waals surface area contributed by atoms with Gasteiger partial charge in [-0.15, -0.1) is 0 Å². The van der Waals surface area contributed by atoms with Gasteiger partial charge in [-0.25, -0.2) is 0 Å². The van der Waals surface area contributed by atoms with Gasteiger partial charge in [0.15, 0.2) is 11.6 Å². The van der Waals surface area contributed by atoms with Crippen LogP contribution in [0.1, 0.15) is 69.8 Å². The normalized spacial score (nSPS) is 30.3. The van der Waals surface area contributed by atoms with Crippen molar-refractivity contribution in [3.05, 3.63) is 30.0 Å². The number of carbonyl (C=O) groups excluding carboxylic acids is 3. The first-order valence-electron chi connectivity index (χ1n) is 12.1. The van der Waals surface area contributed by atoms with E-state index in [2.05, 4.69) is 18.9 Å². The van der Waals surface area contributed by atoms with Gasteiger partial charge in [0.05, 0.1) is 17.7 Å². The van der Waals surface area contributed by atoms with Gasteiger partial charge in [0, 0.05) is 24.8 Å². The Labute approximate surface area is 194 Å². The second kappa shape index (κ2) is 8.05. The van der Waals surface area contributed by atoms with Gasteiger partial charge >= 0.3 is 0 Å². The maximum atomic E-state index is 13.4. The highest BCUT2D eigenvalue weighted by molar-refractivity contribution is 6.05. The van der Waals surface area contributed by atoms with Crippen LogP contribution in [0.3, 0.4) is 0 Å². The number of fused-ring (bicyclic) bond motifs is 2. The summed E-state index contributed by atoms with van der Waals surface area (Å²) in [6.45, 7) is 5.80. The SMILES string of the molecule is CC(=O)c1nn(CC(=O)N2[C@@H]3C[C@@H]3C[C@H]2C(=O)C[C@H]2C[C@H](O)CC(C)(C)C2)c2ccccc12. The Morgan fingerprint density at radius 2 is 1.88 bits per heavy atom. The Morgan fingerprint density at radius 3 is 2.61 bits per heavy atom. The number of likely N-dealkylation sites (tertiary alicyclic amines) is 1. The number of para-hydroxylation sites is 1. The number of ketones is 2. The molecule has 0 radical (unpaired) electrons. The van der Waals surface area contributed by atoms with Crippen LogP contribution in [0.15, 0.2) is 24.3 Å². The van der Waals surface area contributed by atoms with Crippen molar-refractivity contribution < 1.29 is 19.5 Å². The smallest absolute Gasteiger partial charge is 0.245 e. The fourth-order valence-electron chi connectivity index (χ4n) is 6.45. The van der Waals surface area contributed by atoms with Crippen LogP contribution in [0, 0.1) is 17.3 Å². The standard InChI is InChI=1S/C26H33N3O4/c1-15(30)25-19-6-4-5-7-20(19)28(27-25)14-24(33)29-21-10-17(21)11-22(29)23(32)9-16-8-18(31)13-26(2,3)12-16/h4-7,16-18,21-22,31H,8-14H2,1-3H3/t16-,17-,18+,21-,22+/m1/s1. The van der Waals surface area contributed by atoms with Crippen LogP contribution in [0.25, 0.3) is 10.9 Å². The summed E-state index contributed by atoms with van der Waals surface area (Å²) in [6.07, 6.45) is 4.13. The van der Waals surface area contributed by atoms with Crippen molar-refractivity contribution in [1.29, 1.82) is 0 Å². The fourth-order valence-corrected chi connectivity index (χ4v) is 6.45. The summed E-state index contributed by atoms with van der Waals surface area (Å²) in [5, 5.41) is 15.4. The van der Waals surface area contributed by atoms with Crippen LogP contribution in [0.5, 0.6) is 0 Å². The summed E-state index contributed by atoms with van der Waals surface area (Å²) < 4.78 is 1.60. The molecule has 0 spiro atoms. The summed E-state index contributed by atoms with van der Waals surface area (Å²) in [5.41, 5.74) is 1.16. The van der Waals surface area contributed by atoms with Crippen LogP contribution < -0.4 is 0 Å². The molecule has 1 N–H and O–H groups in total. The molecule has 5 rings (SSSR count). The number of rotatable bonds is 6. The maximum absolute atomic E-state index is 13.4. The van der Waals surface area contributed by atoms with Gasteiger partial charge in [0.1, 0.15) is 12.2 Å². The van der Waals surface area contributed by atoms with E-state index in [0.29, 0.717) is 24.5 Å². The van der Waals surface area contributed by atoms with Gasteiger partial charge in [0.2, 0.25) is 5.91 Å². The Bertz CT molecular complexity index is 1120. The van der Waals surface area contributed by atoms with E-state index in [-0.39, 0.29) is 53.5 Å². The zero-order valence-electron chi connectivity index (χ0n) is 19.7. The number of hydrogen-bond acceptors (Lipinski definition) is 5. The highest BCUT2D eigenvalue weighted by Gasteiger charge is 2.56. The summed E-state index contributed by atoms with van der Waals surface area (Å²) >= 11 is 0. The molecule has 7 nitrogen and oxygen atoms in total. The number of amides is 1. The average Bonchev–Trinajstić information content (AvgIpc) is 3.22. The largest absolute Gasteiger partial charge is 0.393 e. The predicted molar refractivity (Wildman–Crippen MR) is 124 cm³/mol. The predicted octanol–water partition coefficient (Wildman–Crippen LogP) is 3.37. The molecule has 1 saturated heterocycles. The van der Waals surface area contributed by atoms with Crippen molar-refractivity contribution in [3.63, 3.8) is 0 Å². The molecule has 3 fully saturated rings. The molecule has 1 aromatic carbocycles. The lowest BCUT2D eigenvalue weighted by molar-refractivity contribution is -0.140. The highest BCUT2D eigenvalue weighted by Crippen LogP contribution is 2.49. The van der Waals surface area contributed by atoms with Crippen molar-refractivity contribution in [2.45, 2.75) is 84.0 Å². The lowest BCUT2D eigenvalue weighted by Crippen LogP contribution is -2.45. The number of aliphatic hydroxyl groups is 1. The van der Waals surface area contributed by atoms with Crippen LogP contribution in [-0.2, 0) is 16.1 Å². The highest BCUT2D eigenvalue weighted by atomic mass is 16.3. The number of piperidine rings is 1. The van der Waals surface area contributed by atoms with Crippen LogP contribution in [-0.4, -0.2) is 55.4 Å². The van der Waals surface area contributed by atoms with E-state index in [1.54, 1.807) is 9.58 Å². The van der Waals surface area contributed by atoms with Crippen LogP contribution in [0.2, 0.25) is 0 Å². The van der Waals surface area contributed by atoms with Gasteiger partial charge in [-0.05, 0) is 55.4 Å². The number of Topliss-reactive ketones (excluding diaryl/α,β-unsaturated/α-hetero) is 2. The maximum Gasteiger partial charge on any atom is 0.245 e. The Kier molecular flexibility index (Phi) is 5.43. The molecule has 2 saturated carbocycles. The summed E-state index contributed by atoms with van der Waals surface area (Å²) in [4.78, 5) is 40.6. The zero-order valence-corrected chi connectivity index (χ0v) is 19.7. The van der Waals surface area contributed by atoms with Gasteiger partial charge in [-0.2, -0.15) is 5.10 Å². The number of nitrogens with zero attached hydrogens (tertiary/aromatic N) is 3. The second-order valence-corrected chi connectivity index (χ2v) is 11.2. The van der Waals surface area contributed by atoms with E-state index in [1.807, 2.05) is 24.3 Å². The van der Waals surface area contributed by atoms with Crippen molar-refractivity contribution in [2.75, 3.05) is 0 Å². The number of aliphatic hydroxyl groups excluding tert-OH is 1. The summed E-state index contributed by atoms with van der Waals surface area (Å²) in [5.74, 6) is 0.467. The van der Waals surface area contributed by atoms with Gasteiger partial charge in [-0.3, -0.25) is 19.1 Å². The van der Waals surface area contributed by atoms with E-state index < -0.39 is 0 Å². The quantitative estimate of drug-likeness (QED) is 0.680. The second-order valence-electron chi connectivity index (χ2n) is 11.2. The van der Waals surface area contributed by atoms with Gasteiger partial charge < -0.3 is 10.0 Å². The Balaban J connectivity index is 1.33. The first-order chi connectivity index (χ1) is 15.6. The first-order valence-corrected chi connectivity index (χ1v) is 12.1. The topological polar surface area (TPSA) is 92.5 Å². The lowest BCUT2D eigenvalue weighted by atomic mass is 9.69. The number of benzene rings is 1. The van der Waals surface area contributed by atoms with Crippen molar-refractivity contribution in [1.82, 2.24) is 14.7 Å². The molecule has 1 aliphatic heterocycles. The molecular weight excluding hydrogens is 418 g/mol. The molecule has 0 unspecified atom stereocenters. The molecule has 2 heterocycles. The van der Waals surface area contributed by atoms with Crippen molar-refractivity contribution in [2.24, 2.45) is 17.3 Å². The number of carbonyl (C=O) groups is 3. The third-order valence-corrected chi connectivity index (χ3v) is 7.77. The third kappa shape index (κ3) is 4.23. The van der Waals surface area contributed by atoms with Gasteiger partial charge in [-0.1, -0.05) is 32.0 Å². The molecule has 33 heavy (non-hydrogen) atoms. The molecule has 5 atom stereocenters. The molecule has 176 valence electrons. The van der Waals surface area contributed by atoms with Crippen molar-refractivity contribution in [3.8, 4) is 0 Å². The molecule has 2 aliphatic carbocycles. The molecule has 3 aliphatic rings. The zero-order chi connectivity index (χ0) is 23.5. The number of hydrogen-bond donors (Lipinski definition) is 1. The first kappa shape index (κ1) is 22.3. The van der Waals surface area contributed by atoms with E-state index in [1.165, 1.54) is 6.92 Å². The van der Waals surface area contributed by atoms with E-state index in [0.717, 1.165) is 36.6 Å². The van der Waals surface area contributed by atoms with E-state index >= 15 is 0 Å². The van der Waals surface area contributed by atoms with Crippen LogP contribution >= 0.6 is 0 Å². The van der Waals surface area contributed by atoms with E-state index in [9.17, 15) is 19.5 Å². The molecule has 7 heteroatoms. The van der Waals surface area contributed by atoms with Gasteiger partial charge in [0.25, 0.3) is 0 Å². The minimum Gasteiger partial charge on any atom is -0.393 e. The summed E-state index contributed by atoms with van der Waals surface area (Å²) in [7, 11) is 0. The Morgan fingerprint density at radius 1 is 1.12 bits per heavy atom. The van der Waals surface area contributed by atoms with Crippen LogP contribution in [0.4, 0.5) is 0 Å². The number of aromatic nitrogens is 2. The van der Waals surface area contributed by atoms with Crippen molar-refractivity contribution >= 4 is 28.4 Å². The lowest BCUT2D eigenvalue weighted by Gasteiger charge is -2.38. The molecule has 1 aromatic heterocycles. The fraction of sp³-hybridized carbons (Fsp3) is 0.615. The molecule has 2 aromatic rings. The summed E-state index contributed by atoms with van der Waals surface area (Å²) in [6, 6.07) is 7.21. The molecule has 0 bridgehead atoms. The van der Waals surface area contributed by atoms with E-state index in [4.69, 9.17) is 0 Å². The minimum absolute atomic E-state index is 0.0238. The molecule has 1 amide bonds. The molecular formula is C26H33N3O4. The Hall–Kier alpha value is -2.54. The third-order valence-electron chi connectivity index (χ3n) is 7.77. The average molecular weight is 452 g/mol. The minimum atomic E-state index is -0.377. The monoisotopic (exact) mass is 451 g/mol.